The van der Waals surface area contributed by atoms with Crippen molar-refractivity contribution in [1.29, 1.82) is 0 Å². The fourth-order valence-electron chi connectivity index (χ4n) is 3.09. The predicted octanol–water partition coefficient (Wildman–Crippen LogP) is 3.92. The van der Waals surface area contributed by atoms with Crippen LogP contribution in [0.5, 0.6) is 5.75 Å². The van der Waals surface area contributed by atoms with Gasteiger partial charge in [0.1, 0.15) is 5.75 Å². The molecule has 0 spiro atoms. The Morgan fingerprint density at radius 1 is 1.33 bits per heavy atom. The normalized spacial score (nSPS) is 22.6. The Kier molecular flexibility index (Phi) is 4.50. The van der Waals surface area contributed by atoms with E-state index < -0.39 is 0 Å². The number of hydrogen-bond donors (Lipinski definition) is 1. The molecule has 2 aromatic rings. The number of halogens is 1. The lowest BCUT2D eigenvalue weighted by Crippen LogP contribution is -2.20. The average Bonchev–Trinajstić information content (AvgIpc) is 2.91. The van der Waals surface area contributed by atoms with Gasteiger partial charge in [-0.1, -0.05) is 0 Å². The van der Waals surface area contributed by atoms with E-state index in [1.54, 1.807) is 0 Å². The SMILES string of the molecule is CCOc1cc2nn(C3CCC(CO)CC3)cc2cc1Br. The molecule has 1 N–H and O–H groups in total. The first kappa shape index (κ1) is 14.9. The van der Waals surface area contributed by atoms with Crippen molar-refractivity contribution in [2.24, 2.45) is 5.92 Å². The van der Waals surface area contributed by atoms with E-state index in [1.165, 1.54) is 0 Å². The van der Waals surface area contributed by atoms with E-state index in [4.69, 9.17) is 9.84 Å². The number of fused-ring (bicyclic) bond motifs is 1. The summed E-state index contributed by atoms with van der Waals surface area (Å²) in [6, 6.07) is 4.52. The van der Waals surface area contributed by atoms with Gasteiger partial charge < -0.3 is 9.84 Å². The van der Waals surface area contributed by atoms with Gasteiger partial charge in [0.25, 0.3) is 0 Å². The van der Waals surface area contributed by atoms with Gasteiger partial charge in [-0.05, 0) is 60.5 Å². The van der Waals surface area contributed by atoms with E-state index in [0.717, 1.165) is 46.8 Å². The Morgan fingerprint density at radius 3 is 2.76 bits per heavy atom. The van der Waals surface area contributed by atoms with Gasteiger partial charge in [-0.15, -0.1) is 0 Å². The third kappa shape index (κ3) is 3.09. The summed E-state index contributed by atoms with van der Waals surface area (Å²) < 4.78 is 8.67. The highest BCUT2D eigenvalue weighted by molar-refractivity contribution is 9.10. The summed E-state index contributed by atoms with van der Waals surface area (Å²) in [6.45, 7) is 2.95. The molecule has 3 rings (SSSR count). The van der Waals surface area contributed by atoms with Gasteiger partial charge in [-0.2, -0.15) is 5.10 Å². The zero-order chi connectivity index (χ0) is 14.8. The lowest BCUT2D eigenvalue weighted by molar-refractivity contribution is 0.165. The highest BCUT2D eigenvalue weighted by Gasteiger charge is 2.22. The van der Waals surface area contributed by atoms with E-state index in [0.29, 0.717) is 25.2 Å². The molecule has 1 aliphatic rings. The van der Waals surface area contributed by atoms with Gasteiger partial charge in [0.15, 0.2) is 0 Å². The van der Waals surface area contributed by atoms with E-state index in [1.807, 2.05) is 13.0 Å². The topological polar surface area (TPSA) is 47.3 Å². The van der Waals surface area contributed by atoms with Crippen molar-refractivity contribution in [2.45, 2.75) is 38.6 Å². The van der Waals surface area contributed by atoms with Gasteiger partial charge in [0.05, 0.1) is 22.6 Å². The molecule has 114 valence electrons. The lowest BCUT2D eigenvalue weighted by atomic mass is 9.87. The van der Waals surface area contributed by atoms with Crippen molar-refractivity contribution in [3.05, 3.63) is 22.8 Å². The molecule has 1 heterocycles. The number of aromatic nitrogens is 2. The number of aliphatic hydroxyl groups excluding tert-OH is 1. The standard InChI is InChI=1S/C16H21BrN2O2/c1-2-21-16-8-15-12(7-14(16)17)9-19(18-15)13-5-3-11(10-20)4-6-13/h7-9,11,13,20H,2-6,10H2,1H3. The highest BCUT2D eigenvalue weighted by Crippen LogP contribution is 2.34. The molecule has 21 heavy (non-hydrogen) atoms. The molecule has 0 aliphatic heterocycles. The summed E-state index contributed by atoms with van der Waals surface area (Å²) >= 11 is 3.55. The summed E-state index contributed by atoms with van der Waals surface area (Å²) in [5.74, 6) is 1.32. The molecule has 1 aromatic heterocycles. The van der Waals surface area contributed by atoms with Crippen LogP contribution in [0.3, 0.4) is 0 Å². The maximum atomic E-state index is 9.23. The van der Waals surface area contributed by atoms with Crippen LogP contribution >= 0.6 is 15.9 Å². The number of ether oxygens (including phenoxy) is 1. The fourth-order valence-corrected chi connectivity index (χ4v) is 3.56. The molecule has 0 amide bonds. The van der Waals surface area contributed by atoms with Crippen LogP contribution in [0.15, 0.2) is 22.8 Å². The lowest BCUT2D eigenvalue weighted by Gasteiger charge is -2.27. The minimum Gasteiger partial charge on any atom is -0.493 e. The Hall–Kier alpha value is -1.07. The number of nitrogens with zero attached hydrogens (tertiary/aromatic N) is 2. The molecule has 1 fully saturated rings. The third-order valence-electron chi connectivity index (χ3n) is 4.32. The molecule has 0 atom stereocenters. The quantitative estimate of drug-likeness (QED) is 0.906. The second-order valence-corrected chi connectivity index (χ2v) is 6.60. The van der Waals surface area contributed by atoms with Crippen LogP contribution in [0.1, 0.15) is 38.6 Å². The molecular formula is C16H21BrN2O2. The predicted molar refractivity (Wildman–Crippen MR) is 86.7 cm³/mol. The molecule has 1 aliphatic carbocycles. The first-order chi connectivity index (χ1) is 10.2. The monoisotopic (exact) mass is 352 g/mol. The van der Waals surface area contributed by atoms with Crippen LogP contribution in [-0.2, 0) is 0 Å². The van der Waals surface area contributed by atoms with E-state index >= 15 is 0 Å². The number of rotatable bonds is 4. The number of aliphatic hydroxyl groups is 1. The molecule has 5 heteroatoms. The van der Waals surface area contributed by atoms with Crippen LogP contribution in [0.25, 0.3) is 10.9 Å². The summed E-state index contributed by atoms with van der Waals surface area (Å²) in [5.41, 5.74) is 0.978. The smallest absolute Gasteiger partial charge is 0.135 e. The number of benzene rings is 1. The maximum Gasteiger partial charge on any atom is 0.135 e. The molecule has 1 saturated carbocycles. The van der Waals surface area contributed by atoms with Gasteiger partial charge in [-0.3, -0.25) is 4.68 Å². The van der Waals surface area contributed by atoms with Crippen LogP contribution in [0, 0.1) is 5.92 Å². The second-order valence-electron chi connectivity index (χ2n) is 5.74. The second kappa shape index (κ2) is 6.36. The molecule has 0 radical (unpaired) electrons. The van der Waals surface area contributed by atoms with Crippen LogP contribution < -0.4 is 4.74 Å². The Labute approximate surface area is 133 Å². The summed E-state index contributed by atoms with van der Waals surface area (Å²) in [5, 5.41) is 15.1. The van der Waals surface area contributed by atoms with E-state index in [2.05, 4.69) is 32.9 Å². The van der Waals surface area contributed by atoms with Gasteiger partial charge >= 0.3 is 0 Å². The molecule has 4 nitrogen and oxygen atoms in total. The zero-order valence-electron chi connectivity index (χ0n) is 12.3. The maximum absolute atomic E-state index is 9.23. The number of hydrogen-bond acceptors (Lipinski definition) is 3. The van der Waals surface area contributed by atoms with Crippen LogP contribution in [0.4, 0.5) is 0 Å². The van der Waals surface area contributed by atoms with Crippen molar-refractivity contribution in [2.75, 3.05) is 13.2 Å². The fraction of sp³-hybridized carbons (Fsp3) is 0.562. The molecule has 0 bridgehead atoms. The first-order valence-corrected chi connectivity index (χ1v) is 8.42. The van der Waals surface area contributed by atoms with Gasteiger partial charge in [-0.25, -0.2) is 0 Å². The van der Waals surface area contributed by atoms with Crippen molar-refractivity contribution < 1.29 is 9.84 Å². The van der Waals surface area contributed by atoms with Crippen LogP contribution in [-0.4, -0.2) is 28.1 Å². The largest absolute Gasteiger partial charge is 0.493 e. The van der Waals surface area contributed by atoms with Crippen molar-refractivity contribution in [3.63, 3.8) is 0 Å². The Bertz CT molecular complexity index is 618. The molecule has 0 unspecified atom stereocenters. The molecule has 0 saturated heterocycles. The van der Waals surface area contributed by atoms with Gasteiger partial charge in [0.2, 0.25) is 0 Å². The average molecular weight is 353 g/mol. The van der Waals surface area contributed by atoms with Crippen molar-refractivity contribution in [1.82, 2.24) is 9.78 Å². The summed E-state index contributed by atoms with van der Waals surface area (Å²) in [7, 11) is 0. The molecular weight excluding hydrogens is 332 g/mol. The van der Waals surface area contributed by atoms with E-state index in [-0.39, 0.29) is 0 Å². The van der Waals surface area contributed by atoms with E-state index in [9.17, 15) is 5.11 Å². The first-order valence-electron chi connectivity index (χ1n) is 7.63. The Morgan fingerprint density at radius 2 is 2.10 bits per heavy atom. The van der Waals surface area contributed by atoms with Gasteiger partial charge in [0, 0.05) is 24.3 Å². The highest BCUT2D eigenvalue weighted by atomic mass is 79.9. The Balaban J connectivity index is 1.84. The zero-order valence-corrected chi connectivity index (χ0v) is 13.8. The third-order valence-corrected chi connectivity index (χ3v) is 4.94. The van der Waals surface area contributed by atoms with Crippen molar-refractivity contribution >= 4 is 26.8 Å². The minimum absolute atomic E-state index is 0.318. The summed E-state index contributed by atoms with van der Waals surface area (Å²) in [6.07, 6.45) is 6.49. The minimum atomic E-state index is 0.318. The summed E-state index contributed by atoms with van der Waals surface area (Å²) in [4.78, 5) is 0. The molecule has 1 aromatic carbocycles. The van der Waals surface area contributed by atoms with Crippen LogP contribution in [0.2, 0.25) is 0 Å². The van der Waals surface area contributed by atoms with Crippen molar-refractivity contribution in [3.8, 4) is 5.75 Å².